The molecule has 0 saturated carbocycles. The molecule has 0 aliphatic carbocycles. The van der Waals surface area contributed by atoms with E-state index in [2.05, 4.69) is 31.3 Å². The number of nitrogens with one attached hydrogen (secondary N) is 1. The minimum Gasteiger partial charge on any atom is -0.379 e. The highest BCUT2D eigenvalue weighted by molar-refractivity contribution is 7.89. The lowest BCUT2D eigenvalue weighted by Crippen LogP contribution is -2.40. The number of aryl methyl sites for hydroxylation is 1. The van der Waals surface area contributed by atoms with Crippen LogP contribution in [0, 0.1) is 6.92 Å². The number of thiophene rings is 1. The highest BCUT2D eigenvalue weighted by Crippen LogP contribution is 2.29. The van der Waals surface area contributed by atoms with Gasteiger partial charge in [0.2, 0.25) is 10.0 Å². The number of sulfonamides is 1. The standard InChI is InChI=1S/C26H30N2O4S2/c1-18(2)20-7-9-21(10-8-20)25(24-5-4-16-33-24)27-26(29)23-17-22(11-6-19(23)3)34(30,31)28-12-14-32-15-13-28/h4-11,16-18,25H,12-15H2,1-3H3,(H,27,29)/t25-/m0/s1. The summed E-state index contributed by atoms with van der Waals surface area (Å²) < 4.78 is 33.0. The van der Waals surface area contributed by atoms with Crippen molar-refractivity contribution in [2.75, 3.05) is 26.3 Å². The first-order valence-electron chi connectivity index (χ1n) is 11.4. The van der Waals surface area contributed by atoms with Crippen LogP contribution in [0.3, 0.4) is 0 Å². The zero-order valence-electron chi connectivity index (χ0n) is 19.7. The van der Waals surface area contributed by atoms with Crippen LogP contribution in [0.5, 0.6) is 0 Å². The minimum atomic E-state index is -3.70. The summed E-state index contributed by atoms with van der Waals surface area (Å²) >= 11 is 1.57. The van der Waals surface area contributed by atoms with Crippen LogP contribution in [-0.4, -0.2) is 44.9 Å². The van der Waals surface area contributed by atoms with Crippen molar-refractivity contribution in [3.8, 4) is 0 Å². The monoisotopic (exact) mass is 498 g/mol. The number of carbonyl (C=O) groups is 1. The summed E-state index contributed by atoms with van der Waals surface area (Å²) in [6, 6.07) is 16.7. The molecule has 0 unspecified atom stereocenters. The van der Waals surface area contributed by atoms with Gasteiger partial charge in [0.1, 0.15) is 0 Å². The third-order valence-electron chi connectivity index (χ3n) is 6.10. The Balaban J connectivity index is 1.63. The predicted octanol–water partition coefficient (Wildman–Crippen LogP) is 4.72. The van der Waals surface area contributed by atoms with E-state index in [1.807, 2.05) is 36.6 Å². The zero-order chi connectivity index (χ0) is 24.3. The molecule has 1 atom stereocenters. The van der Waals surface area contributed by atoms with Crippen molar-refractivity contribution < 1.29 is 17.9 Å². The van der Waals surface area contributed by atoms with Crippen molar-refractivity contribution in [1.29, 1.82) is 0 Å². The van der Waals surface area contributed by atoms with Gasteiger partial charge in [-0.1, -0.05) is 50.2 Å². The number of nitrogens with zero attached hydrogens (tertiary/aromatic N) is 1. The smallest absolute Gasteiger partial charge is 0.252 e. The molecule has 180 valence electrons. The van der Waals surface area contributed by atoms with Crippen molar-refractivity contribution in [3.63, 3.8) is 0 Å². The van der Waals surface area contributed by atoms with Gasteiger partial charge in [0.25, 0.3) is 5.91 Å². The molecule has 4 rings (SSSR count). The van der Waals surface area contributed by atoms with Crippen LogP contribution in [0.25, 0.3) is 0 Å². The van der Waals surface area contributed by atoms with Crippen LogP contribution >= 0.6 is 11.3 Å². The molecule has 0 spiro atoms. The predicted molar refractivity (Wildman–Crippen MR) is 135 cm³/mol. The molecule has 1 fully saturated rings. The van der Waals surface area contributed by atoms with E-state index in [0.29, 0.717) is 37.8 Å². The molecular weight excluding hydrogens is 468 g/mol. The quantitative estimate of drug-likeness (QED) is 0.511. The van der Waals surface area contributed by atoms with E-state index in [4.69, 9.17) is 4.74 Å². The molecule has 1 amide bonds. The van der Waals surface area contributed by atoms with E-state index >= 15 is 0 Å². The fourth-order valence-corrected chi connectivity index (χ4v) is 6.24. The summed E-state index contributed by atoms with van der Waals surface area (Å²) in [5, 5.41) is 5.13. The third-order valence-corrected chi connectivity index (χ3v) is 8.93. The van der Waals surface area contributed by atoms with Crippen LogP contribution in [-0.2, 0) is 14.8 Å². The lowest BCUT2D eigenvalue weighted by Gasteiger charge is -2.26. The van der Waals surface area contributed by atoms with Crippen molar-refractivity contribution in [3.05, 3.63) is 87.1 Å². The molecule has 0 bridgehead atoms. The first-order valence-corrected chi connectivity index (χ1v) is 13.7. The number of ether oxygens (including phenoxy) is 1. The number of rotatable bonds is 7. The Morgan fingerprint density at radius 2 is 1.71 bits per heavy atom. The van der Waals surface area contributed by atoms with E-state index in [9.17, 15) is 13.2 Å². The summed E-state index contributed by atoms with van der Waals surface area (Å²) in [7, 11) is -3.70. The molecule has 8 heteroatoms. The number of hydrogen-bond donors (Lipinski definition) is 1. The summed E-state index contributed by atoms with van der Waals surface area (Å²) in [5.74, 6) is 0.116. The third kappa shape index (κ3) is 5.25. The molecule has 6 nitrogen and oxygen atoms in total. The van der Waals surface area contributed by atoms with Crippen LogP contribution in [0.2, 0.25) is 0 Å². The second-order valence-corrected chi connectivity index (χ2v) is 11.7. The Morgan fingerprint density at radius 3 is 2.32 bits per heavy atom. The Bertz CT molecular complexity index is 1230. The number of amides is 1. The lowest BCUT2D eigenvalue weighted by molar-refractivity contribution is 0.0730. The van der Waals surface area contributed by atoms with Gasteiger partial charge in [-0.05, 0) is 53.1 Å². The Hall–Kier alpha value is -2.52. The molecule has 2 aromatic carbocycles. The van der Waals surface area contributed by atoms with Gasteiger partial charge >= 0.3 is 0 Å². The fourth-order valence-electron chi connectivity index (χ4n) is 4.00. The summed E-state index contributed by atoms with van der Waals surface area (Å²) in [6.45, 7) is 7.47. The number of benzene rings is 2. The zero-order valence-corrected chi connectivity index (χ0v) is 21.3. The van der Waals surface area contributed by atoms with Crippen molar-refractivity contribution in [2.24, 2.45) is 0 Å². The summed E-state index contributed by atoms with van der Waals surface area (Å²) in [5.41, 5.74) is 3.29. The molecule has 1 aromatic heterocycles. The molecule has 1 aliphatic rings. The second-order valence-electron chi connectivity index (χ2n) is 8.74. The van der Waals surface area contributed by atoms with Gasteiger partial charge < -0.3 is 10.1 Å². The maximum Gasteiger partial charge on any atom is 0.252 e. The van der Waals surface area contributed by atoms with Crippen molar-refractivity contribution >= 4 is 27.3 Å². The van der Waals surface area contributed by atoms with Crippen molar-refractivity contribution in [2.45, 2.75) is 37.6 Å². The van der Waals surface area contributed by atoms with Gasteiger partial charge in [-0.2, -0.15) is 4.31 Å². The number of hydrogen-bond acceptors (Lipinski definition) is 5. The molecule has 1 N–H and O–H groups in total. The average molecular weight is 499 g/mol. The van der Waals surface area contributed by atoms with Crippen LogP contribution < -0.4 is 5.32 Å². The Kier molecular flexibility index (Phi) is 7.52. The summed E-state index contributed by atoms with van der Waals surface area (Å²) in [4.78, 5) is 14.6. The van der Waals surface area contributed by atoms with E-state index in [1.165, 1.54) is 15.9 Å². The van der Waals surface area contributed by atoms with Gasteiger partial charge in [0, 0.05) is 23.5 Å². The van der Waals surface area contributed by atoms with Gasteiger partial charge in [-0.3, -0.25) is 4.79 Å². The Morgan fingerprint density at radius 1 is 1.03 bits per heavy atom. The van der Waals surface area contributed by atoms with E-state index < -0.39 is 10.0 Å². The maximum atomic E-state index is 13.4. The fraction of sp³-hybridized carbons (Fsp3) is 0.346. The molecule has 34 heavy (non-hydrogen) atoms. The van der Waals surface area contributed by atoms with Gasteiger partial charge in [0.05, 0.1) is 24.2 Å². The first kappa shape index (κ1) is 24.6. The first-order chi connectivity index (χ1) is 16.3. The SMILES string of the molecule is Cc1ccc(S(=O)(=O)N2CCOCC2)cc1C(=O)N[C@@H](c1ccc(C(C)C)cc1)c1cccs1. The van der Waals surface area contributed by atoms with Gasteiger partial charge in [-0.25, -0.2) is 8.42 Å². The molecule has 3 aromatic rings. The van der Waals surface area contributed by atoms with Crippen LogP contribution in [0.1, 0.15) is 57.7 Å². The topological polar surface area (TPSA) is 75.7 Å². The molecule has 1 saturated heterocycles. The molecule has 0 radical (unpaired) electrons. The van der Waals surface area contributed by atoms with E-state index in [1.54, 1.807) is 23.5 Å². The molecular formula is C26H30N2O4S2. The van der Waals surface area contributed by atoms with Gasteiger partial charge in [-0.15, -0.1) is 11.3 Å². The van der Waals surface area contributed by atoms with Crippen LogP contribution in [0.4, 0.5) is 0 Å². The average Bonchev–Trinajstić information content (AvgIpc) is 3.38. The summed E-state index contributed by atoms with van der Waals surface area (Å²) in [6.07, 6.45) is 0. The lowest BCUT2D eigenvalue weighted by atomic mass is 9.98. The normalized spacial score (nSPS) is 15.9. The highest BCUT2D eigenvalue weighted by Gasteiger charge is 2.28. The molecule has 1 aliphatic heterocycles. The van der Waals surface area contributed by atoms with Crippen LogP contribution in [0.15, 0.2) is 64.9 Å². The van der Waals surface area contributed by atoms with Crippen molar-refractivity contribution in [1.82, 2.24) is 9.62 Å². The minimum absolute atomic E-state index is 0.124. The Labute approximate surface area is 205 Å². The van der Waals surface area contributed by atoms with E-state index in [0.717, 1.165) is 16.0 Å². The van der Waals surface area contributed by atoms with E-state index in [-0.39, 0.29) is 16.8 Å². The largest absolute Gasteiger partial charge is 0.379 e. The maximum absolute atomic E-state index is 13.4. The van der Waals surface area contributed by atoms with Gasteiger partial charge in [0.15, 0.2) is 0 Å². The molecule has 2 heterocycles. The highest BCUT2D eigenvalue weighted by atomic mass is 32.2. The number of carbonyl (C=O) groups excluding carboxylic acids is 1. The number of morpholine rings is 1. The second kappa shape index (κ2) is 10.4.